The molecule has 14 heavy (non-hydrogen) atoms. The van der Waals surface area contributed by atoms with Gasteiger partial charge in [0, 0.05) is 17.8 Å². The number of hydrogen-bond donors (Lipinski definition) is 0. The zero-order chi connectivity index (χ0) is 10.7. The van der Waals surface area contributed by atoms with Crippen molar-refractivity contribution >= 4 is 17.9 Å². The highest BCUT2D eigenvalue weighted by molar-refractivity contribution is 5.84. The summed E-state index contributed by atoms with van der Waals surface area (Å²) in [5.41, 5.74) is 0. The van der Waals surface area contributed by atoms with E-state index in [0.29, 0.717) is 12.8 Å². The Morgan fingerprint density at radius 2 is 1.79 bits per heavy atom. The highest BCUT2D eigenvalue weighted by atomic mass is 16.1. The molecule has 1 rings (SSSR count). The van der Waals surface area contributed by atoms with Gasteiger partial charge in [-0.3, -0.25) is 9.59 Å². The summed E-state index contributed by atoms with van der Waals surface area (Å²) in [6.07, 6.45) is 2.86. The Labute approximate surface area is 83.9 Å². The molecule has 0 aromatic heterocycles. The maximum atomic E-state index is 11.3. The summed E-state index contributed by atoms with van der Waals surface area (Å²) in [4.78, 5) is 33.1. The van der Waals surface area contributed by atoms with E-state index in [0.717, 1.165) is 12.7 Å². The third-order valence-corrected chi connectivity index (χ3v) is 3.18. The number of carbonyl (C=O) groups is 3. The van der Waals surface area contributed by atoms with E-state index in [2.05, 4.69) is 0 Å². The summed E-state index contributed by atoms with van der Waals surface area (Å²) in [7, 11) is 0. The van der Waals surface area contributed by atoms with Gasteiger partial charge in [0.25, 0.3) is 0 Å². The van der Waals surface area contributed by atoms with E-state index in [1.807, 2.05) is 0 Å². The smallest absolute Gasteiger partial charge is 0.133 e. The number of hydrogen-bond acceptors (Lipinski definition) is 3. The van der Waals surface area contributed by atoms with E-state index in [1.54, 1.807) is 6.92 Å². The lowest BCUT2D eigenvalue weighted by Crippen LogP contribution is -2.33. The minimum atomic E-state index is -0.227. The Bertz CT molecular complexity index is 257. The highest BCUT2D eigenvalue weighted by Crippen LogP contribution is 2.33. The second-order valence-corrected chi connectivity index (χ2v) is 4.14. The Hall–Kier alpha value is -0.990. The fourth-order valence-corrected chi connectivity index (χ4v) is 2.19. The lowest BCUT2D eigenvalue weighted by molar-refractivity contribution is -0.131. The van der Waals surface area contributed by atoms with Crippen molar-refractivity contribution in [3.05, 3.63) is 0 Å². The predicted octanol–water partition coefficient (Wildman–Crippen LogP) is 1.40. The van der Waals surface area contributed by atoms with Gasteiger partial charge < -0.3 is 4.79 Å². The summed E-state index contributed by atoms with van der Waals surface area (Å²) >= 11 is 0. The fourth-order valence-electron chi connectivity index (χ4n) is 2.19. The van der Waals surface area contributed by atoms with Crippen LogP contribution in [0.5, 0.6) is 0 Å². The third-order valence-electron chi connectivity index (χ3n) is 3.18. The molecular formula is C11H16O3. The minimum Gasteiger partial charge on any atom is -0.303 e. The summed E-state index contributed by atoms with van der Waals surface area (Å²) in [5, 5.41) is 0. The Morgan fingerprint density at radius 3 is 2.21 bits per heavy atom. The summed E-state index contributed by atoms with van der Waals surface area (Å²) < 4.78 is 0. The molecule has 0 N–H and O–H groups in total. The quantitative estimate of drug-likeness (QED) is 0.641. The van der Waals surface area contributed by atoms with Crippen LogP contribution in [0.15, 0.2) is 0 Å². The molecule has 3 heteroatoms. The second-order valence-electron chi connectivity index (χ2n) is 4.14. The zero-order valence-corrected chi connectivity index (χ0v) is 8.66. The van der Waals surface area contributed by atoms with Gasteiger partial charge in [0.1, 0.15) is 17.9 Å². The maximum Gasteiger partial charge on any atom is 0.133 e. The third kappa shape index (κ3) is 2.28. The van der Waals surface area contributed by atoms with Gasteiger partial charge in [-0.2, -0.15) is 0 Å². The summed E-state index contributed by atoms with van der Waals surface area (Å²) in [5.74, 6) is -0.230. The molecule has 0 aliphatic heterocycles. The topological polar surface area (TPSA) is 51.2 Å². The van der Waals surface area contributed by atoms with E-state index in [4.69, 9.17) is 0 Å². The molecule has 0 bridgehead atoms. The van der Waals surface area contributed by atoms with E-state index in [1.165, 1.54) is 6.92 Å². The van der Waals surface area contributed by atoms with Gasteiger partial charge >= 0.3 is 0 Å². The molecule has 3 unspecified atom stereocenters. The van der Waals surface area contributed by atoms with Crippen LogP contribution in [0, 0.1) is 17.8 Å². The Balaban J connectivity index is 2.71. The average molecular weight is 196 g/mol. The standard InChI is InChI=1S/C11H16O3/c1-7(13)9-3-4-10(6-12)11(5-9)8(2)14/h6,9-11H,3-5H2,1-2H3. The number of ketones is 2. The fraction of sp³-hybridized carbons (Fsp3) is 0.727. The Morgan fingerprint density at radius 1 is 1.14 bits per heavy atom. The molecule has 0 radical (unpaired) electrons. The van der Waals surface area contributed by atoms with Crippen molar-refractivity contribution in [2.45, 2.75) is 33.1 Å². The zero-order valence-electron chi connectivity index (χ0n) is 8.66. The minimum absolute atomic E-state index is 0.0138. The SMILES string of the molecule is CC(=O)C1CCC(C=O)C(C(C)=O)C1. The normalized spacial score (nSPS) is 32.3. The molecule has 1 aliphatic rings. The Kier molecular flexibility index (Phi) is 3.55. The van der Waals surface area contributed by atoms with Crippen LogP contribution in [0.4, 0.5) is 0 Å². The van der Waals surface area contributed by atoms with Crippen molar-refractivity contribution < 1.29 is 14.4 Å². The van der Waals surface area contributed by atoms with Gasteiger partial charge in [-0.15, -0.1) is 0 Å². The van der Waals surface area contributed by atoms with Crippen LogP contribution in [0.2, 0.25) is 0 Å². The van der Waals surface area contributed by atoms with E-state index < -0.39 is 0 Å². The van der Waals surface area contributed by atoms with Gasteiger partial charge in [0.2, 0.25) is 0 Å². The van der Waals surface area contributed by atoms with Crippen LogP contribution in [-0.2, 0) is 14.4 Å². The van der Waals surface area contributed by atoms with Crippen molar-refractivity contribution in [2.24, 2.45) is 17.8 Å². The van der Waals surface area contributed by atoms with Crippen molar-refractivity contribution in [3.8, 4) is 0 Å². The maximum absolute atomic E-state index is 11.3. The average Bonchev–Trinajstić information content (AvgIpc) is 2.16. The highest BCUT2D eigenvalue weighted by Gasteiger charge is 2.34. The molecule has 1 saturated carbocycles. The second kappa shape index (κ2) is 4.49. The monoisotopic (exact) mass is 196 g/mol. The van der Waals surface area contributed by atoms with Crippen LogP contribution in [0.25, 0.3) is 0 Å². The summed E-state index contributed by atoms with van der Waals surface area (Å²) in [6.45, 7) is 3.06. The molecule has 3 nitrogen and oxygen atoms in total. The van der Waals surface area contributed by atoms with Gasteiger partial charge in [0.15, 0.2) is 0 Å². The largest absolute Gasteiger partial charge is 0.303 e. The number of carbonyl (C=O) groups excluding carboxylic acids is 3. The number of aldehydes is 1. The molecule has 0 saturated heterocycles. The first-order valence-corrected chi connectivity index (χ1v) is 5.02. The number of rotatable bonds is 3. The predicted molar refractivity (Wildman–Crippen MR) is 51.7 cm³/mol. The first-order chi connectivity index (χ1) is 6.56. The number of Topliss-reactive ketones (excluding diaryl/α,β-unsaturated/α-hetero) is 2. The van der Waals surface area contributed by atoms with Crippen molar-refractivity contribution in [3.63, 3.8) is 0 Å². The first-order valence-electron chi connectivity index (χ1n) is 5.02. The van der Waals surface area contributed by atoms with E-state index in [-0.39, 0.29) is 29.3 Å². The molecular weight excluding hydrogens is 180 g/mol. The van der Waals surface area contributed by atoms with Crippen molar-refractivity contribution in [1.29, 1.82) is 0 Å². The van der Waals surface area contributed by atoms with E-state index >= 15 is 0 Å². The van der Waals surface area contributed by atoms with Gasteiger partial charge in [-0.1, -0.05) is 0 Å². The van der Waals surface area contributed by atoms with Crippen molar-refractivity contribution in [1.82, 2.24) is 0 Å². The van der Waals surface area contributed by atoms with Crippen LogP contribution in [0.3, 0.4) is 0 Å². The first kappa shape index (κ1) is 11.1. The van der Waals surface area contributed by atoms with Gasteiger partial charge in [-0.05, 0) is 33.1 Å². The molecule has 0 spiro atoms. The summed E-state index contributed by atoms with van der Waals surface area (Å²) in [6, 6.07) is 0. The van der Waals surface area contributed by atoms with Crippen LogP contribution < -0.4 is 0 Å². The molecule has 0 heterocycles. The van der Waals surface area contributed by atoms with Crippen LogP contribution in [-0.4, -0.2) is 17.9 Å². The molecule has 1 aliphatic carbocycles. The van der Waals surface area contributed by atoms with E-state index in [9.17, 15) is 14.4 Å². The van der Waals surface area contributed by atoms with Gasteiger partial charge in [-0.25, -0.2) is 0 Å². The lowest BCUT2D eigenvalue weighted by Gasteiger charge is -2.30. The van der Waals surface area contributed by atoms with Crippen LogP contribution in [0.1, 0.15) is 33.1 Å². The van der Waals surface area contributed by atoms with Gasteiger partial charge in [0.05, 0.1) is 0 Å². The molecule has 1 fully saturated rings. The molecule has 78 valence electrons. The molecule has 0 aromatic rings. The molecule has 0 aromatic carbocycles. The molecule has 3 atom stereocenters. The lowest BCUT2D eigenvalue weighted by atomic mass is 9.72. The molecule has 0 amide bonds. The van der Waals surface area contributed by atoms with Crippen LogP contribution >= 0.6 is 0 Å². The van der Waals surface area contributed by atoms with Crippen molar-refractivity contribution in [2.75, 3.05) is 0 Å².